The second-order valence-electron chi connectivity index (χ2n) is 7.27. The fraction of sp³-hybridized carbons (Fsp3) is 0.938. The highest BCUT2D eigenvalue weighted by molar-refractivity contribution is 5.80. The number of nitrogens with one attached hydrogen (secondary N) is 1. The van der Waals surface area contributed by atoms with Crippen LogP contribution < -0.4 is 5.32 Å². The number of morpholine rings is 1. The van der Waals surface area contributed by atoms with Crippen molar-refractivity contribution in [1.82, 2.24) is 15.1 Å². The predicted molar refractivity (Wildman–Crippen MR) is 87.8 cm³/mol. The van der Waals surface area contributed by atoms with Crippen LogP contribution in [0.4, 0.5) is 0 Å². The highest BCUT2D eigenvalue weighted by atomic mass is 16.5. The van der Waals surface area contributed by atoms with E-state index in [2.05, 4.69) is 42.8 Å². The monoisotopic (exact) mass is 296 g/mol. The van der Waals surface area contributed by atoms with Gasteiger partial charge >= 0.3 is 0 Å². The van der Waals surface area contributed by atoms with E-state index in [0.717, 1.165) is 58.4 Å². The SMILES string of the molecule is CCNC(=NCC(C)(C)C)N1CCC(N2CCOCC2)C1. The third-order valence-corrected chi connectivity index (χ3v) is 4.06. The van der Waals surface area contributed by atoms with Crippen LogP contribution in [-0.4, -0.2) is 74.3 Å². The van der Waals surface area contributed by atoms with Crippen LogP contribution in [0.15, 0.2) is 4.99 Å². The molecule has 1 atom stereocenters. The Bertz CT molecular complexity index is 345. The number of guanidine groups is 1. The molecule has 0 aromatic heterocycles. The maximum atomic E-state index is 5.46. The molecule has 2 saturated heterocycles. The summed E-state index contributed by atoms with van der Waals surface area (Å²) >= 11 is 0. The largest absolute Gasteiger partial charge is 0.379 e. The summed E-state index contributed by atoms with van der Waals surface area (Å²) < 4.78 is 5.46. The molecule has 0 aromatic rings. The van der Waals surface area contributed by atoms with Gasteiger partial charge < -0.3 is 15.0 Å². The topological polar surface area (TPSA) is 40.1 Å². The highest BCUT2D eigenvalue weighted by Gasteiger charge is 2.30. The van der Waals surface area contributed by atoms with Gasteiger partial charge in [0, 0.05) is 45.3 Å². The molecule has 2 aliphatic rings. The standard InChI is InChI=1S/C16H32N4O/c1-5-17-15(18-13-16(2,3)4)20-7-6-14(12-20)19-8-10-21-11-9-19/h14H,5-13H2,1-4H3,(H,17,18). The molecule has 2 fully saturated rings. The molecular formula is C16H32N4O. The van der Waals surface area contributed by atoms with Crippen molar-refractivity contribution in [3.63, 3.8) is 0 Å². The Morgan fingerprint density at radius 3 is 2.57 bits per heavy atom. The summed E-state index contributed by atoms with van der Waals surface area (Å²) in [6.45, 7) is 16.8. The summed E-state index contributed by atoms with van der Waals surface area (Å²) in [7, 11) is 0. The van der Waals surface area contributed by atoms with Crippen LogP contribution in [0.2, 0.25) is 0 Å². The van der Waals surface area contributed by atoms with Gasteiger partial charge in [0.1, 0.15) is 0 Å². The summed E-state index contributed by atoms with van der Waals surface area (Å²) in [6, 6.07) is 0.660. The molecule has 0 bridgehead atoms. The zero-order valence-electron chi connectivity index (χ0n) is 14.2. The van der Waals surface area contributed by atoms with Crippen molar-refractivity contribution >= 4 is 5.96 Å². The molecule has 2 aliphatic heterocycles. The molecule has 0 aliphatic carbocycles. The van der Waals surface area contributed by atoms with Gasteiger partial charge in [-0.25, -0.2) is 0 Å². The first-order valence-corrected chi connectivity index (χ1v) is 8.34. The van der Waals surface area contributed by atoms with Crippen molar-refractivity contribution in [3.05, 3.63) is 0 Å². The molecule has 2 heterocycles. The summed E-state index contributed by atoms with van der Waals surface area (Å²) in [5, 5.41) is 3.45. The second kappa shape index (κ2) is 7.45. The number of ether oxygens (including phenoxy) is 1. The average molecular weight is 296 g/mol. The van der Waals surface area contributed by atoms with E-state index in [1.165, 1.54) is 6.42 Å². The molecule has 5 nitrogen and oxygen atoms in total. The van der Waals surface area contributed by atoms with Gasteiger partial charge in [-0.15, -0.1) is 0 Å². The van der Waals surface area contributed by atoms with Crippen LogP contribution in [0.25, 0.3) is 0 Å². The van der Waals surface area contributed by atoms with Crippen LogP contribution in [-0.2, 0) is 4.74 Å². The minimum absolute atomic E-state index is 0.240. The van der Waals surface area contributed by atoms with E-state index in [4.69, 9.17) is 9.73 Å². The van der Waals surface area contributed by atoms with E-state index in [1.807, 2.05) is 0 Å². The maximum absolute atomic E-state index is 5.46. The average Bonchev–Trinajstić information content (AvgIpc) is 2.93. The Morgan fingerprint density at radius 1 is 1.24 bits per heavy atom. The molecule has 5 heteroatoms. The Morgan fingerprint density at radius 2 is 1.95 bits per heavy atom. The lowest BCUT2D eigenvalue weighted by Gasteiger charge is -2.32. The summed E-state index contributed by atoms with van der Waals surface area (Å²) in [5.41, 5.74) is 0.240. The van der Waals surface area contributed by atoms with E-state index < -0.39 is 0 Å². The van der Waals surface area contributed by atoms with Gasteiger partial charge in [0.05, 0.1) is 13.2 Å². The molecule has 1 N–H and O–H groups in total. The van der Waals surface area contributed by atoms with Crippen molar-refractivity contribution in [2.75, 3.05) is 52.5 Å². The van der Waals surface area contributed by atoms with Gasteiger partial charge in [-0.1, -0.05) is 20.8 Å². The third-order valence-electron chi connectivity index (χ3n) is 4.06. The van der Waals surface area contributed by atoms with Crippen LogP contribution in [0, 0.1) is 5.41 Å². The molecule has 0 saturated carbocycles. The van der Waals surface area contributed by atoms with E-state index in [0.29, 0.717) is 6.04 Å². The first-order chi connectivity index (χ1) is 9.99. The van der Waals surface area contributed by atoms with E-state index >= 15 is 0 Å². The van der Waals surface area contributed by atoms with Crippen molar-refractivity contribution in [1.29, 1.82) is 0 Å². The van der Waals surface area contributed by atoms with Gasteiger partial charge in [-0.05, 0) is 18.8 Å². The Balaban J connectivity index is 1.92. The number of hydrogen-bond acceptors (Lipinski definition) is 3. The smallest absolute Gasteiger partial charge is 0.193 e. The number of rotatable bonds is 3. The minimum Gasteiger partial charge on any atom is -0.379 e. The van der Waals surface area contributed by atoms with Crippen LogP contribution >= 0.6 is 0 Å². The molecule has 0 aromatic carbocycles. The molecule has 2 rings (SSSR count). The second-order valence-corrected chi connectivity index (χ2v) is 7.27. The van der Waals surface area contributed by atoms with Crippen LogP contribution in [0.1, 0.15) is 34.1 Å². The fourth-order valence-electron chi connectivity index (χ4n) is 2.91. The van der Waals surface area contributed by atoms with E-state index in [9.17, 15) is 0 Å². The van der Waals surface area contributed by atoms with E-state index in [-0.39, 0.29) is 5.41 Å². The number of nitrogens with zero attached hydrogens (tertiary/aromatic N) is 3. The van der Waals surface area contributed by atoms with E-state index in [1.54, 1.807) is 0 Å². The highest BCUT2D eigenvalue weighted by Crippen LogP contribution is 2.18. The summed E-state index contributed by atoms with van der Waals surface area (Å²) in [4.78, 5) is 9.84. The van der Waals surface area contributed by atoms with Gasteiger partial charge in [0.15, 0.2) is 5.96 Å². The lowest BCUT2D eigenvalue weighted by atomic mass is 9.97. The molecule has 122 valence electrons. The molecule has 21 heavy (non-hydrogen) atoms. The Hall–Kier alpha value is -0.810. The summed E-state index contributed by atoms with van der Waals surface area (Å²) in [5.74, 6) is 1.09. The quantitative estimate of drug-likeness (QED) is 0.631. The van der Waals surface area contributed by atoms with Gasteiger partial charge in [0.2, 0.25) is 0 Å². The normalized spacial score (nSPS) is 25.4. The Labute approximate surface area is 129 Å². The maximum Gasteiger partial charge on any atom is 0.193 e. The fourth-order valence-corrected chi connectivity index (χ4v) is 2.91. The lowest BCUT2D eigenvalue weighted by Crippen LogP contribution is -2.46. The molecule has 0 radical (unpaired) electrons. The lowest BCUT2D eigenvalue weighted by molar-refractivity contribution is 0.0195. The van der Waals surface area contributed by atoms with Crippen molar-refractivity contribution in [3.8, 4) is 0 Å². The molecule has 0 amide bonds. The first-order valence-electron chi connectivity index (χ1n) is 8.34. The van der Waals surface area contributed by atoms with Gasteiger partial charge in [-0.2, -0.15) is 0 Å². The number of aliphatic imine (C=N–C) groups is 1. The van der Waals surface area contributed by atoms with Crippen LogP contribution in [0.3, 0.4) is 0 Å². The zero-order chi connectivity index (χ0) is 15.3. The molecule has 0 spiro atoms. The first kappa shape index (κ1) is 16.6. The van der Waals surface area contributed by atoms with Crippen molar-refractivity contribution in [2.24, 2.45) is 10.4 Å². The third kappa shape index (κ3) is 5.15. The number of hydrogen-bond donors (Lipinski definition) is 1. The van der Waals surface area contributed by atoms with Gasteiger partial charge in [-0.3, -0.25) is 9.89 Å². The minimum atomic E-state index is 0.240. The van der Waals surface area contributed by atoms with Crippen molar-refractivity contribution < 1.29 is 4.74 Å². The van der Waals surface area contributed by atoms with Gasteiger partial charge in [0.25, 0.3) is 0 Å². The van der Waals surface area contributed by atoms with Crippen LogP contribution in [0.5, 0.6) is 0 Å². The van der Waals surface area contributed by atoms with Crippen molar-refractivity contribution in [2.45, 2.75) is 40.2 Å². The Kier molecular flexibility index (Phi) is 5.88. The summed E-state index contributed by atoms with van der Waals surface area (Å²) in [6.07, 6.45) is 1.24. The predicted octanol–water partition coefficient (Wildman–Crippen LogP) is 1.40. The number of likely N-dealkylation sites (tertiary alicyclic amines) is 1. The zero-order valence-corrected chi connectivity index (χ0v) is 14.2. The molecule has 1 unspecified atom stereocenters. The molecular weight excluding hydrogens is 264 g/mol.